The molecule has 32 heavy (non-hydrogen) atoms. The lowest BCUT2D eigenvalue weighted by Crippen LogP contribution is -2.36. The van der Waals surface area contributed by atoms with Gasteiger partial charge in [-0.15, -0.1) is 10.2 Å². The molecule has 2 aliphatic rings. The van der Waals surface area contributed by atoms with E-state index in [0.717, 1.165) is 63.2 Å². The zero-order chi connectivity index (χ0) is 22.9. The highest BCUT2D eigenvalue weighted by molar-refractivity contribution is 6.31. The Morgan fingerprint density at radius 1 is 1.12 bits per heavy atom. The first-order valence-electron chi connectivity index (χ1n) is 10.8. The van der Waals surface area contributed by atoms with E-state index in [1.807, 2.05) is 6.07 Å². The van der Waals surface area contributed by atoms with Crippen LogP contribution in [0.3, 0.4) is 0 Å². The molecule has 0 amide bonds. The summed E-state index contributed by atoms with van der Waals surface area (Å²) in [5.41, 5.74) is 6.66. The smallest absolute Gasteiger partial charge is 0.170 e. The van der Waals surface area contributed by atoms with Gasteiger partial charge in [0.05, 0.1) is 22.8 Å². The maximum Gasteiger partial charge on any atom is 0.170 e. The van der Waals surface area contributed by atoms with Gasteiger partial charge in [0.25, 0.3) is 0 Å². The molecule has 3 N–H and O–H groups in total. The van der Waals surface area contributed by atoms with E-state index < -0.39 is 0 Å². The SMILES string of the molecule is N#Cc1ccc(OC2CCC(N)CC2)cc1Cl.O=Cc1ccc(N2CCC(O)CC2)nn1. The van der Waals surface area contributed by atoms with Crippen molar-refractivity contribution in [3.05, 3.63) is 46.6 Å². The van der Waals surface area contributed by atoms with Crippen molar-refractivity contribution in [3.63, 3.8) is 0 Å². The number of carbonyl (C=O) groups excluding carboxylic acids is 1. The van der Waals surface area contributed by atoms with Crippen LogP contribution < -0.4 is 15.4 Å². The first kappa shape index (κ1) is 23.9. The Hall–Kier alpha value is -2.73. The molecular weight excluding hydrogens is 430 g/mol. The molecule has 0 spiro atoms. The minimum atomic E-state index is -0.191. The lowest BCUT2D eigenvalue weighted by atomic mass is 9.94. The largest absolute Gasteiger partial charge is 0.490 e. The molecule has 0 unspecified atom stereocenters. The number of aliphatic hydroxyl groups is 1. The Balaban J connectivity index is 0.000000182. The van der Waals surface area contributed by atoms with Crippen LogP contribution in [0.2, 0.25) is 5.02 Å². The Morgan fingerprint density at radius 3 is 2.41 bits per heavy atom. The molecule has 0 radical (unpaired) electrons. The molecule has 4 rings (SSSR count). The number of nitriles is 1. The number of hydrogen-bond acceptors (Lipinski definition) is 8. The van der Waals surface area contributed by atoms with Gasteiger partial charge in [0.15, 0.2) is 12.1 Å². The third-order valence-corrected chi connectivity index (χ3v) is 5.98. The lowest BCUT2D eigenvalue weighted by molar-refractivity contribution is 0.111. The standard InChI is InChI=1S/C13H15ClN2O.C10H13N3O2/c14-13-7-12(4-1-9(13)8-15)17-11-5-2-10(16)3-6-11;14-7-8-1-2-10(12-11-8)13-5-3-9(15)4-6-13/h1,4,7,10-11H,2-3,5-6,16H2;1-2,7,9,15H,3-6H2. The number of carbonyl (C=O) groups is 1. The van der Waals surface area contributed by atoms with Gasteiger partial charge in [-0.05, 0) is 62.8 Å². The second-order valence-corrected chi connectivity index (χ2v) is 8.47. The van der Waals surface area contributed by atoms with E-state index >= 15 is 0 Å². The lowest BCUT2D eigenvalue weighted by Gasteiger charge is -2.29. The van der Waals surface area contributed by atoms with Crippen molar-refractivity contribution in [1.29, 1.82) is 5.26 Å². The number of aldehydes is 1. The first-order valence-corrected chi connectivity index (χ1v) is 11.2. The summed E-state index contributed by atoms with van der Waals surface area (Å²) in [5, 5.41) is 26.3. The normalized spacial score (nSPS) is 21.1. The predicted octanol–water partition coefficient (Wildman–Crippen LogP) is 3.11. The number of nitrogens with zero attached hydrogens (tertiary/aromatic N) is 4. The van der Waals surface area contributed by atoms with E-state index in [2.05, 4.69) is 15.1 Å². The number of nitrogens with two attached hydrogens (primary N) is 1. The molecule has 2 fully saturated rings. The molecule has 1 saturated carbocycles. The van der Waals surface area contributed by atoms with Crippen molar-refractivity contribution in [2.45, 2.75) is 56.8 Å². The number of anilines is 1. The van der Waals surface area contributed by atoms with E-state index in [9.17, 15) is 9.90 Å². The molecule has 170 valence electrons. The second-order valence-electron chi connectivity index (χ2n) is 8.06. The summed E-state index contributed by atoms with van der Waals surface area (Å²) in [6.07, 6.45) is 6.22. The topological polar surface area (TPSA) is 125 Å². The fraction of sp³-hybridized carbons (Fsp3) is 0.478. The number of aliphatic hydroxyl groups excluding tert-OH is 1. The van der Waals surface area contributed by atoms with Crippen molar-refractivity contribution < 1.29 is 14.6 Å². The van der Waals surface area contributed by atoms with E-state index in [0.29, 0.717) is 28.6 Å². The van der Waals surface area contributed by atoms with Gasteiger partial charge in [0, 0.05) is 25.2 Å². The summed E-state index contributed by atoms with van der Waals surface area (Å²) in [6, 6.07) is 11.0. The highest BCUT2D eigenvalue weighted by atomic mass is 35.5. The van der Waals surface area contributed by atoms with E-state index in [1.54, 1.807) is 30.3 Å². The average molecular weight is 458 g/mol. The molecule has 0 atom stereocenters. The number of hydrogen-bond donors (Lipinski definition) is 2. The molecule has 8 nitrogen and oxygen atoms in total. The van der Waals surface area contributed by atoms with Gasteiger partial charge in [-0.3, -0.25) is 4.79 Å². The van der Waals surface area contributed by atoms with Crippen LogP contribution >= 0.6 is 11.6 Å². The Kier molecular flexibility index (Phi) is 8.80. The van der Waals surface area contributed by atoms with Crippen molar-refractivity contribution in [2.24, 2.45) is 5.73 Å². The average Bonchev–Trinajstić information content (AvgIpc) is 2.82. The molecule has 1 saturated heterocycles. The summed E-state index contributed by atoms with van der Waals surface area (Å²) >= 11 is 5.95. The molecule has 1 aromatic carbocycles. The van der Waals surface area contributed by atoms with Crippen LogP contribution in [0.1, 0.15) is 54.6 Å². The van der Waals surface area contributed by atoms with Gasteiger partial charge in [-0.25, -0.2) is 0 Å². The number of benzene rings is 1. The fourth-order valence-electron chi connectivity index (χ4n) is 3.72. The van der Waals surface area contributed by atoms with Gasteiger partial charge < -0.3 is 20.5 Å². The third kappa shape index (κ3) is 6.89. The fourth-order valence-corrected chi connectivity index (χ4v) is 3.93. The minimum absolute atomic E-state index is 0.191. The molecule has 1 aromatic heterocycles. The zero-order valence-corrected chi connectivity index (χ0v) is 18.6. The van der Waals surface area contributed by atoms with Gasteiger partial charge in [0.1, 0.15) is 17.5 Å². The van der Waals surface area contributed by atoms with Crippen molar-refractivity contribution in [1.82, 2.24) is 10.2 Å². The number of aromatic nitrogens is 2. The van der Waals surface area contributed by atoms with Crippen molar-refractivity contribution in [3.8, 4) is 11.8 Å². The van der Waals surface area contributed by atoms with Crippen LogP contribution in [-0.4, -0.2) is 52.9 Å². The second kappa shape index (κ2) is 11.8. The number of piperidine rings is 1. The Bertz CT molecular complexity index is 918. The van der Waals surface area contributed by atoms with Crippen LogP contribution in [0.4, 0.5) is 5.82 Å². The van der Waals surface area contributed by atoms with E-state index in [4.69, 9.17) is 27.3 Å². The van der Waals surface area contributed by atoms with Gasteiger partial charge in [-0.2, -0.15) is 5.26 Å². The molecule has 1 aliphatic carbocycles. The third-order valence-electron chi connectivity index (χ3n) is 5.66. The first-order chi connectivity index (χ1) is 15.5. The highest BCUT2D eigenvalue weighted by Gasteiger charge is 2.20. The summed E-state index contributed by atoms with van der Waals surface area (Å²) in [5.74, 6) is 1.50. The van der Waals surface area contributed by atoms with Gasteiger partial charge in [-0.1, -0.05) is 11.6 Å². The minimum Gasteiger partial charge on any atom is -0.490 e. The van der Waals surface area contributed by atoms with Crippen LogP contribution in [0.5, 0.6) is 5.75 Å². The van der Waals surface area contributed by atoms with Crippen molar-refractivity contribution >= 4 is 23.7 Å². The van der Waals surface area contributed by atoms with E-state index in [1.165, 1.54) is 0 Å². The number of halogens is 1. The van der Waals surface area contributed by atoms with Gasteiger partial charge in [0.2, 0.25) is 0 Å². The monoisotopic (exact) mass is 457 g/mol. The molecule has 9 heteroatoms. The molecule has 0 bridgehead atoms. The number of rotatable bonds is 4. The molecule has 2 heterocycles. The Morgan fingerprint density at radius 2 is 1.84 bits per heavy atom. The zero-order valence-electron chi connectivity index (χ0n) is 17.9. The van der Waals surface area contributed by atoms with Crippen molar-refractivity contribution in [2.75, 3.05) is 18.0 Å². The predicted molar refractivity (Wildman–Crippen MR) is 122 cm³/mol. The Labute approximate surface area is 192 Å². The van der Waals surface area contributed by atoms with Crippen LogP contribution in [0.25, 0.3) is 0 Å². The summed E-state index contributed by atoms with van der Waals surface area (Å²) in [7, 11) is 0. The maximum absolute atomic E-state index is 10.4. The van der Waals surface area contributed by atoms with Crippen LogP contribution in [-0.2, 0) is 0 Å². The highest BCUT2D eigenvalue weighted by Crippen LogP contribution is 2.26. The van der Waals surface area contributed by atoms with Gasteiger partial charge >= 0.3 is 0 Å². The molecular formula is C23H28ClN5O3. The van der Waals surface area contributed by atoms with Crippen LogP contribution in [0.15, 0.2) is 30.3 Å². The molecule has 2 aromatic rings. The molecule has 1 aliphatic heterocycles. The quantitative estimate of drug-likeness (QED) is 0.670. The summed E-state index contributed by atoms with van der Waals surface area (Å²) in [4.78, 5) is 12.5. The van der Waals surface area contributed by atoms with Crippen LogP contribution in [0, 0.1) is 11.3 Å². The van der Waals surface area contributed by atoms with E-state index in [-0.39, 0.29) is 12.2 Å². The summed E-state index contributed by atoms with van der Waals surface area (Å²) < 4.78 is 5.83. The summed E-state index contributed by atoms with van der Waals surface area (Å²) in [6.45, 7) is 1.58. The number of ether oxygens (including phenoxy) is 1. The maximum atomic E-state index is 10.4.